The molecule has 0 saturated carbocycles. The third-order valence-corrected chi connectivity index (χ3v) is 12.1. The minimum atomic E-state index is 0.472. The van der Waals surface area contributed by atoms with Gasteiger partial charge >= 0.3 is 0 Å². The zero-order valence-electron chi connectivity index (χ0n) is 10.7. The average molecular weight is 327 g/mol. The molecule has 0 aromatic heterocycles. The molecule has 2 aliphatic heterocycles. The normalized spacial score (nSPS) is 27.9. The van der Waals surface area contributed by atoms with Gasteiger partial charge in [-0.2, -0.15) is 0 Å². The van der Waals surface area contributed by atoms with Crippen LogP contribution in [0.15, 0.2) is 0 Å². The smallest absolute Gasteiger partial charge is 0.106 e. The van der Waals surface area contributed by atoms with Crippen LogP contribution in [0.5, 0.6) is 0 Å². The van der Waals surface area contributed by atoms with Crippen LogP contribution in [0.3, 0.4) is 0 Å². The molecule has 0 aromatic rings. The van der Waals surface area contributed by atoms with Gasteiger partial charge in [-0.25, -0.2) is 0 Å². The number of rotatable bonds is 4. The van der Waals surface area contributed by atoms with E-state index >= 15 is 0 Å². The van der Waals surface area contributed by atoms with Crippen molar-refractivity contribution in [2.75, 3.05) is 29.3 Å². The van der Waals surface area contributed by atoms with Crippen LogP contribution in [0.25, 0.3) is 0 Å². The van der Waals surface area contributed by atoms with Crippen LogP contribution in [-0.4, -0.2) is 36.8 Å². The van der Waals surface area contributed by atoms with E-state index in [1.54, 1.807) is 0 Å². The molecule has 2 aliphatic rings. The van der Waals surface area contributed by atoms with Crippen LogP contribution in [0, 0.1) is 0 Å². The molecule has 0 amide bonds. The van der Waals surface area contributed by atoms with Gasteiger partial charge in [0.05, 0.1) is 4.08 Å². The van der Waals surface area contributed by atoms with E-state index in [9.17, 15) is 0 Å². The summed E-state index contributed by atoms with van der Waals surface area (Å²) in [6.07, 6.45) is 7.86. The molecule has 17 heavy (non-hydrogen) atoms. The number of thioether (sulfide) groups is 5. The molecule has 0 radical (unpaired) electrons. The lowest BCUT2D eigenvalue weighted by Gasteiger charge is -2.39. The first kappa shape index (κ1) is 15.1. The molecule has 2 fully saturated rings. The van der Waals surface area contributed by atoms with Crippen LogP contribution in [0.4, 0.5) is 0 Å². The highest BCUT2D eigenvalue weighted by atomic mass is 32.3. The summed E-state index contributed by atoms with van der Waals surface area (Å²) in [5.74, 6) is 5.47. The molecular weight excluding hydrogens is 304 g/mol. The lowest BCUT2D eigenvalue weighted by Crippen LogP contribution is -2.27. The van der Waals surface area contributed by atoms with Gasteiger partial charge < -0.3 is 0 Å². The fraction of sp³-hybridized carbons (Fsp3) is 1.00. The average Bonchev–Trinajstić information content (AvgIpc) is 2.39. The Hall–Kier alpha value is 1.75. The van der Waals surface area contributed by atoms with Gasteiger partial charge in [-0.05, 0) is 61.9 Å². The molecule has 0 aliphatic carbocycles. The Bertz CT molecular complexity index is 231. The molecule has 2 saturated heterocycles. The van der Waals surface area contributed by atoms with Gasteiger partial charge in [0.1, 0.15) is 3.41 Å². The lowest BCUT2D eigenvalue weighted by molar-refractivity contribution is 0.716. The van der Waals surface area contributed by atoms with E-state index in [0.29, 0.717) is 7.49 Å². The second-order valence-corrected chi connectivity index (χ2v) is 12.7. The molecule has 5 heteroatoms. The minimum absolute atomic E-state index is 0.472. The Morgan fingerprint density at radius 3 is 1.94 bits per heavy atom. The number of hydrogen-bond acceptors (Lipinski definition) is 5. The summed E-state index contributed by atoms with van der Waals surface area (Å²) in [6.45, 7) is 2.47. The van der Waals surface area contributed by atoms with E-state index in [4.69, 9.17) is 0 Å². The zero-order chi connectivity index (χ0) is 12.2. The molecule has 0 atom stereocenters. The summed E-state index contributed by atoms with van der Waals surface area (Å²) in [5, 5.41) is 0. The van der Waals surface area contributed by atoms with Crippen molar-refractivity contribution in [3.63, 3.8) is 0 Å². The van der Waals surface area contributed by atoms with Gasteiger partial charge in [0, 0.05) is 0 Å². The molecule has 2 rings (SSSR count). The monoisotopic (exact) mass is 326 g/mol. The van der Waals surface area contributed by atoms with E-state index < -0.39 is 0 Å². The Morgan fingerprint density at radius 2 is 1.41 bits per heavy atom. The van der Waals surface area contributed by atoms with Crippen molar-refractivity contribution in [3.05, 3.63) is 0 Å². The third-order valence-electron chi connectivity index (χ3n) is 3.23. The predicted octanol–water partition coefficient (Wildman–Crippen LogP) is 5.24. The third kappa shape index (κ3) is 4.37. The highest BCUT2D eigenvalue weighted by Gasteiger charge is 2.37. The van der Waals surface area contributed by atoms with Crippen LogP contribution in [0.2, 0.25) is 0 Å². The van der Waals surface area contributed by atoms with Gasteiger partial charge in [-0.15, -0.1) is 58.8 Å². The minimum Gasteiger partial charge on any atom is -0.144 e. The van der Waals surface area contributed by atoms with Gasteiger partial charge in [0.2, 0.25) is 0 Å². The predicted molar refractivity (Wildman–Crippen MR) is 93.0 cm³/mol. The topological polar surface area (TPSA) is 0 Å². The van der Waals surface area contributed by atoms with Crippen molar-refractivity contribution in [1.29, 1.82) is 0 Å². The summed E-state index contributed by atoms with van der Waals surface area (Å²) in [7, 11) is 0. The highest BCUT2D eigenvalue weighted by molar-refractivity contribution is 8.33. The van der Waals surface area contributed by atoms with E-state index in [0.717, 1.165) is 0 Å². The van der Waals surface area contributed by atoms with Crippen molar-refractivity contribution in [2.24, 2.45) is 0 Å². The summed E-state index contributed by atoms with van der Waals surface area (Å²) < 4.78 is 0.972. The first-order valence-corrected chi connectivity index (χ1v) is 11.5. The Kier molecular flexibility index (Phi) is 6.20. The fourth-order valence-corrected chi connectivity index (χ4v) is 9.53. The molecule has 0 N–H and O–H groups in total. The number of hydrogen-bond donors (Lipinski definition) is 0. The van der Waals surface area contributed by atoms with Gasteiger partial charge in [0.15, 0.2) is 0 Å². The Labute approximate surface area is 127 Å². The SMILES string of the molecule is CSC1(CCC2(C)SCCCS2)SCCCS1. The van der Waals surface area contributed by atoms with Crippen LogP contribution < -0.4 is 0 Å². The van der Waals surface area contributed by atoms with Crippen molar-refractivity contribution in [1.82, 2.24) is 0 Å². The summed E-state index contributed by atoms with van der Waals surface area (Å²) in [6, 6.07) is 0. The summed E-state index contributed by atoms with van der Waals surface area (Å²) in [5.41, 5.74) is 0. The van der Waals surface area contributed by atoms with Crippen molar-refractivity contribution < 1.29 is 0 Å². The quantitative estimate of drug-likeness (QED) is 0.690. The first-order chi connectivity index (χ1) is 8.18. The molecular formula is C12H22S5. The molecule has 0 bridgehead atoms. The van der Waals surface area contributed by atoms with Crippen molar-refractivity contribution in [2.45, 2.75) is 40.1 Å². The van der Waals surface area contributed by atoms with Gasteiger partial charge in [-0.1, -0.05) is 0 Å². The molecule has 100 valence electrons. The second-order valence-electron chi connectivity index (χ2n) is 4.62. The maximum Gasteiger partial charge on any atom is 0.106 e. The van der Waals surface area contributed by atoms with Crippen LogP contribution >= 0.6 is 58.8 Å². The van der Waals surface area contributed by atoms with E-state index in [2.05, 4.69) is 72.0 Å². The molecule has 0 aromatic carbocycles. The molecule has 0 unspecified atom stereocenters. The van der Waals surface area contributed by atoms with Crippen LogP contribution in [0.1, 0.15) is 32.6 Å². The molecule has 0 spiro atoms. The fourth-order valence-electron chi connectivity index (χ4n) is 2.12. The van der Waals surface area contributed by atoms with E-state index in [1.807, 2.05) is 0 Å². The summed E-state index contributed by atoms with van der Waals surface area (Å²) in [4.78, 5) is 0. The maximum absolute atomic E-state index is 2.47. The van der Waals surface area contributed by atoms with E-state index in [1.165, 1.54) is 48.7 Å². The molecule has 0 nitrogen and oxygen atoms in total. The van der Waals surface area contributed by atoms with Crippen LogP contribution in [-0.2, 0) is 0 Å². The van der Waals surface area contributed by atoms with Crippen molar-refractivity contribution in [3.8, 4) is 0 Å². The Morgan fingerprint density at radius 1 is 0.882 bits per heavy atom. The summed E-state index contributed by atoms with van der Waals surface area (Å²) >= 11 is 10.9. The Balaban J connectivity index is 1.86. The highest BCUT2D eigenvalue weighted by Crippen LogP contribution is 2.55. The lowest BCUT2D eigenvalue weighted by atomic mass is 10.2. The second kappa shape index (κ2) is 6.96. The maximum atomic E-state index is 2.47. The van der Waals surface area contributed by atoms with Gasteiger partial charge in [0.25, 0.3) is 0 Å². The van der Waals surface area contributed by atoms with Gasteiger partial charge in [-0.3, -0.25) is 0 Å². The van der Waals surface area contributed by atoms with E-state index in [-0.39, 0.29) is 0 Å². The zero-order valence-corrected chi connectivity index (χ0v) is 14.8. The van der Waals surface area contributed by atoms with Crippen molar-refractivity contribution >= 4 is 58.8 Å². The molecule has 2 heterocycles. The standard InChI is InChI=1S/C12H22S5/c1-11(14-7-3-8-15-11)5-6-12(13-2)16-9-4-10-17-12/h3-10H2,1-2H3. The largest absolute Gasteiger partial charge is 0.144 e. The first-order valence-electron chi connectivity index (χ1n) is 6.29.